The van der Waals surface area contributed by atoms with Gasteiger partial charge in [-0.15, -0.1) is 0 Å². The van der Waals surface area contributed by atoms with Gasteiger partial charge in [-0.1, -0.05) is 31.9 Å². The number of ether oxygens (including phenoxy) is 2. The third-order valence-corrected chi connectivity index (χ3v) is 4.18. The molecule has 1 aromatic rings. The highest BCUT2D eigenvalue weighted by Crippen LogP contribution is 2.35. The molecule has 3 heteroatoms. The second-order valence-corrected chi connectivity index (χ2v) is 5.71. The second kappa shape index (κ2) is 7.53. The Hall–Kier alpha value is -1.22. The minimum Gasteiger partial charge on any atom is -0.493 e. The van der Waals surface area contributed by atoms with Gasteiger partial charge in [0.2, 0.25) is 0 Å². The van der Waals surface area contributed by atoms with Crippen molar-refractivity contribution < 1.29 is 9.47 Å². The number of methoxy groups -OCH3 is 1. The lowest BCUT2D eigenvalue weighted by Gasteiger charge is -2.29. The standard InChI is InChI=1S/C17H27NO2/c1-3-11-20-17-14(8-6-10-16(17)19-2)12-13-7-4-5-9-15(13)18/h6,8,10,13,15H,3-5,7,9,11-12,18H2,1-2H3. The van der Waals surface area contributed by atoms with E-state index in [4.69, 9.17) is 15.2 Å². The van der Waals surface area contributed by atoms with Gasteiger partial charge in [0.1, 0.15) is 0 Å². The van der Waals surface area contributed by atoms with Gasteiger partial charge in [-0.05, 0) is 43.2 Å². The van der Waals surface area contributed by atoms with Crippen molar-refractivity contribution >= 4 is 0 Å². The van der Waals surface area contributed by atoms with Gasteiger partial charge in [0.25, 0.3) is 0 Å². The predicted molar refractivity (Wildman–Crippen MR) is 82.4 cm³/mol. The van der Waals surface area contributed by atoms with Crippen LogP contribution in [0, 0.1) is 5.92 Å². The van der Waals surface area contributed by atoms with Gasteiger partial charge >= 0.3 is 0 Å². The largest absolute Gasteiger partial charge is 0.493 e. The Bertz CT molecular complexity index is 419. The zero-order valence-corrected chi connectivity index (χ0v) is 12.7. The number of para-hydroxylation sites is 1. The summed E-state index contributed by atoms with van der Waals surface area (Å²) in [4.78, 5) is 0. The third-order valence-electron chi connectivity index (χ3n) is 4.18. The molecule has 0 aromatic heterocycles. The van der Waals surface area contributed by atoms with Crippen molar-refractivity contribution in [2.24, 2.45) is 11.7 Å². The van der Waals surface area contributed by atoms with E-state index in [0.717, 1.165) is 37.4 Å². The van der Waals surface area contributed by atoms with Gasteiger partial charge in [0.15, 0.2) is 11.5 Å². The van der Waals surface area contributed by atoms with Crippen molar-refractivity contribution in [2.75, 3.05) is 13.7 Å². The third kappa shape index (κ3) is 3.66. The van der Waals surface area contributed by atoms with E-state index < -0.39 is 0 Å². The highest BCUT2D eigenvalue weighted by atomic mass is 16.5. The predicted octanol–water partition coefficient (Wildman–Crippen LogP) is 3.54. The fraction of sp³-hybridized carbons (Fsp3) is 0.647. The summed E-state index contributed by atoms with van der Waals surface area (Å²) >= 11 is 0. The summed E-state index contributed by atoms with van der Waals surface area (Å²) in [5, 5.41) is 0. The zero-order valence-electron chi connectivity index (χ0n) is 12.7. The highest BCUT2D eigenvalue weighted by Gasteiger charge is 2.24. The minimum atomic E-state index is 0.328. The number of hydrogen-bond acceptors (Lipinski definition) is 3. The van der Waals surface area contributed by atoms with E-state index in [1.165, 1.54) is 24.8 Å². The first-order chi connectivity index (χ1) is 9.76. The number of hydrogen-bond donors (Lipinski definition) is 1. The normalized spacial score (nSPS) is 22.6. The molecule has 1 fully saturated rings. The van der Waals surface area contributed by atoms with Crippen LogP contribution in [0.1, 0.15) is 44.6 Å². The van der Waals surface area contributed by atoms with Crippen LogP contribution in [0.4, 0.5) is 0 Å². The molecule has 1 aliphatic carbocycles. The Morgan fingerprint density at radius 1 is 1.25 bits per heavy atom. The summed E-state index contributed by atoms with van der Waals surface area (Å²) in [6.45, 7) is 2.84. The van der Waals surface area contributed by atoms with Crippen LogP contribution in [-0.4, -0.2) is 19.8 Å². The second-order valence-electron chi connectivity index (χ2n) is 5.71. The summed E-state index contributed by atoms with van der Waals surface area (Å²) in [6.07, 6.45) is 6.95. The fourth-order valence-electron chi connectivity index (χ4n) is 3.02. The van der Waals surface area contributed by atoms with Crippen LogP contribution < -0.4 is 15.2 Å². The monoisotopic (exact) mass is 277 g/mol. The van der Waals surface area contributed by atoms with Crippen molar-refractivity contribution in [1.29, 1.82) is 0 Å². The van der Waals surface area contributed by atoms with Crippen molar-refractivity contribution in [3.05, 3.63) is 23.8 Å². The Balaban J connectivity index is 2.16. The van der Waals surface area contributed by atoms with Crippen molar-refractivity contribution in [1.82, 2.24) is 0 Å². The summed E-state index contributed by atoms with van der Waals surface area (Å²) in [5.74, 6) is 2.31. The van der Waals surface area contributed by atoms with Crippen molar-refractivity contribution in [3.8, 4) is 11.5 Å². The number of benzene rings is 1. The van der Waals surface area contributed by atoms with Crippen LogP contribution in [0.5, 0.6) is 11.5 Å². The van der Waals surface area contributed by atoms with Gasteiger partial charge in [0, 0.05) is 6.04 Å². The first kappa shape index (κ1) is 15.2. The van der Waals surface area contributed by atoms with E-state index in [0.29, 0.717) is 12.0 Å². The molecule has 3 nitrogen and oxygen atoms in total. The molecular weight excluding hydrogens is 250 g/mol. The lowest BCUT2D eigenvalue weighted by molar-refractivity contribution is 0.278. The van der Waals surface area contributed by atoms with Crippen LogP contribution in [0.15, 0.2) is 18.2 Å². The van der Waals surface area contributed by atoms with Crippen molar-refractivity contribution in [3.63, 3.8) is 0 Å². The summed E-state index contributed by atoms with van der Waals surface area (Å²) in [7, 11) is 1.70. The summed E-state index contributed by atoms with van der Waals surface area (Å²) < 4.78 is 11.4. The average molecular weight is 277 g/mol. The van der Waals surface area contributed by atoms with Crippen LogP contribution in [-0.2, 0) is 6.42 Å². The molecule has 0 heterocycles. The van der Waals surface area contributed by atoms with E-state index in [9.17, 15) is 0 Å². The Morgan fingerprint density at radius 2 is 2.05 bits per heavy atom. The van der Waals surface area contributed by atoms with Crippen LogP contribution in [0.25, 0.3) is 0 Å². The lowest BCUT2D eigenvalue weighted by atomic mass is 9.81. The SMILES string of the molecule is CCCOc1c(CC2CCCCC2N)cccc1OC. The molecule has 0 aliphatic heterocycles. The van der Waals surface area contributed by atoms with E-state index in [1.807, 2.05) is 12.1 Å². The molecule has 0 bridgehead atoms. The molecule has 0 amide bonds. The molecule has 2 N–H and O–H groups in total. The van der Waals surface area contributed by atoms with Gasteiger partial charge < -0.3 is 15.2 Å². The summed E-state index contributed by atoms with van der Waals surface area (Å²) in [6, 6.07) is 6.49. The topological polar surface area (TPSA) is 44.5 Å². The van der Waals surface area contributed by atoms with Crippen molar-refractivity contribution in [2.45, 2.75) is 51.5 Å². The molecule has 2 atom stereocenters. The molecule has 1 aromatic carbocycles. The maximum absolute atomic E-state index is 6.28. The quantitative estimate of drug-likeness (QED) is 0.865. The van der Waals surface area contributed by atoms with E-state index in [-0.39, 0.29) is 0 Å². The van der Waals surface area contributed by atoms with Gasteiger partial charge in [-0.3, -0.25) is 0 Å². The van der Waals surface area contributed by atoms with Gasteiger partial charge in [-0.25, -0.2) is 0 Å². The number of rotatable bonds is 6. The summed E-state index contributed by atoms with van der Waals surface area (Å²) in [5.41, 5.74) is 7.51. The molecule has 0 radical (unpaired) electrons. The molecule has 2 rings (SSSR count). The Kier molecular flexibility index (Phi) is 5.72. The molecule has 1 aliphatic rings. The van der Waals surface area contributed by atoms with Crippen LogP contribution >= 0.6 is 0 Å². The maximum Gasteiger partial charge on any atom is 0.164 e. The molecule has 0 saturated heterocycles. The van der Waals surface area contributed by atoms with E-state index in [2.05, 4.69) is 13.0 Å². The van der Waals surface area contributed by atoms with Gasteiger partial charge in [-0.2, -0.15) is 0 Å². The number of nitrogens with two attached hydrogens (primary N) is 1. The van der Waals surface area contributed by atoms with Crippen LogP contribution in [0.3, 0.4) is 0 Å². The minimum absolute atomic E-state index is 0.328. The highest BCUT2D eigenvalue weighted by molar-refractivity contribution is 5.47. The van der Waals surface area contributed by atoms with Crippen LogP contribution in [0.2, 0.25) is 0 Å². The first-order valence-corrected chi connectivity index (χ1v) is 7.80. The lowest BCUT2D eigenvalue weighted by Crippen LogP contribution is -2.34. The molecule has 0 spiro atoms. The zero-order chi connectivity index (χ0) is 14.4. The molecular formula is C17H27NO2. The average Bonchev–Trinajstić information content (AvgIpc) is 2.48. The Labute approximate surface area is 122 Å². The maximum atomic E-state index is 6.28. The first-order valence-electron chi connectivity index (χ1n) is 7.80. The Morgan fingerprint density at radius 3 is 2.75 bits per heavy atom. The van der Waals surface area contributed by atoms with E-state index >= 15 is 0 Å². The molecule has 112 valence electrons. The van der Waals surface area contributed by atoms with Gasteiger partial charge in [0.05, 0.1) is 13.7 Å². The van der Waals surface area contributed by atoms with E-state index in [1.54, 1.807) is 7.11 Å². The molecule has 2 unspecified atom stereocenters. The fourth-order valence-corrected chi connectivity index (χ4v) is 3.02. The molecule has 20 heavy (non-hydrogen) atoms. The smallest absolute Gasteiger partial charge is 0.164 e. The molecule has 1 saturated carbocycles.